The molecule has 1 saturated heterocycles. The minimum atomic E-state index is -0.278. The van der Waals surface area contributed by atoms with E-state index in [0.29, 0.717) is 17.5 Å². The Labute approximate surface area is 177 Å². The molecular formula is C23H20FN3O2S. The molecule has 2 bridgehead atoms. The fourth-order valence-corrected chi connectivity index (χ4v) is 4.92. The second-order valence-electron chi connectivity index (χ2n) is 7.58. The van der Waals surface area contributed by atoms with Crippen molar-refractivity contribution >= 4 is 33.2 Å². The Balaban J connectivity index is 1.23. The molecule has 1 fully saturated rings. The van der Waals surface area contributed by atoms with E-state index in [1.165, 1.54) is 23.5 Å². The number of rotatable bonds is 4. The van der Waals surface area contributed by atoms with Crippen LogP contribution < -0.4 is 4.74 Å². The first-order chi connectivity index (χ1) is 14.5. The molecule has 1 aromatic heterocycles. The van der Waals surface area contributed by atoms with Crippen molar-refractivity contribution in [2.75, 3.05) is 0 Å². The maximum atomic E-state index is 13.3. The molecule has 0 radical (unpaired) electrons. The zero-order chi connectivity index (χ0) is 20.7. The number of hydrogen-bond acceptors (Lipinski definition) is 5. The molecule has 30 heavy (non-hydrogen) atoms. The monoisotopic (exact) mass is 421 g/mol. The summed E-state index contributed by atoms with van der Waals surface area (Å²) >= 11 is 1.32. The highest BCUT2D eigenvalue weighted by atomic mass is 32.1. The number of ether oxygens (including phenoxy) is 1. The predicted octanol–water partition coefficient (Wildman–Crippen LogP) is 5.47. The van der Waals surface area contributed by atoms with Gasteiger partial charge in [0.15, 0.2) is 0 Å². The summed E-state index contributed by atoms with van der Waals surface area (Å²) < 4.78 is 19.9. The SMILES string of the molecule is CC(=O)N1C2=CC[C@H]1CC(=NCc1ccc(Oc3nc4ccc(F)cc4s3)cc1)C2. The van der Waals surface area contributed by atoms with Crippen LogP contribution in [0.25, 0.3) is 10.2 Å². The van der Waals surface area contributed by atoms with E-state index in [-0.39, 0.29) is 17.8 Å². The van der Waals surface area contributed by atoms with Gasteiger partial charge in [-0.1, -0.05) is 29.5 Å². The molecule has 0 saturated carbocycles. The topological polar surface area (TPSA) is 54.8 Å². The van der Waals surface area contributed by atoms with Gasteiger partial charge in [0.05, 0.1) is 16.8 Å². The minimum Gasteiger partial charge on any atom is -0.431 e. The average molecular weight is 421 g/mol. The standard InChI is InChI=1S/C23H20FN3O2S/c1-14(28)27-18-5-6-19(27)12-17(11-18)25-13-15-2-7-20(8-3-15)29-23-26-21-9-4-16(24)10-22(21)30-23/h2-5,7-10,19H,6,11-13H2,1H3/t19-/m0/s1. The lowest BCUT2D eigenvalue weighted by molar-refractivity contribution is -0.128. The van der Waals surface area contributed by atoms with E-state index >= 15 is 0 Å². The number of aromatic nitrogens is 1. The molecule has 3 heterocycles. The summed E-state index contributed by atoms with van der Waals surface area (Å²) in [4.78, 5) is 22.9. The number of amides is 1. The number of halogens is 1. The van der Waals surface area contributed by atoms with Crippen molar-refractivity contribution in [1.82, 2.24) is 9.88 Å². The van der Waals surface area contributed by atoms with Crippen LogP contribution >= 0.6 is 11.3 Å². The molecule has 2 aromatic carbocycles. The molecule has 2 aliphatic rings. The van der Waals surface area contributed by atoms with Crippen LogP contribution in [0.15, 0.2) is 59.2 Å². The van der Waals surface area contributed by atoms with Gasteiger partial charge in [-0.3, -0.25) is 9.79 Å². The molecule has 7 heteroatoms. The fourth-order valence-electron chi connectivity index (χ4n) is 4.06. The lowest BCUT2D eigenvalue weighted by Gasteiger charge is -2.32. The van der Waals surface area contributed by atoms with Gasteiger partial charge >= 0.3 is 0 Å². The van der Waals surface area contributed by atoms with Gasteiger partial charge in [0.25, 0.3) is 5.19 Å². The Morgan fingerprint density at radius 1 is 1.30 bits per heavy atom. The van der Waals surface area contributed by atoms with Gasteiger partial charge in [-0.25, -0.2) is 9.37 Å². The third-order valence-corrected chi connectivity index (χ3v) is 6.34. The molecule has 0 aliphatic carbocycles. The number of fused-ring (bicyclic) bond motifs is 3. The van der Waals surface area contributed by atoms with E-state index in [4.69, 9.17) is 9.73 Å². The Bertz CT molecular complexity index is 1180. The second kappa shape index (κ2) is 7.65. The van der Waals surface area contributed by atoms with Crippen LogP contribution in [0, 0.1) is 5.82 Å². The largest absolute Gasteiger partial charge is 0.431 e. The van der Waals surface area contributed by atoms with Crippen LogP contribution in [-0.4, -0.2) is 27.5 Å². The van der Waals surface area contributed by atoms with Crippen molar-refractivity contribution in [3.8, 4) is 10.9 Å². The van der Waals surface area contributed by atoms with Gasteiger partial charge in [-0.15, -0.1) is 0 Å². The molecule has 1 amide bonds. The quantitative estimate of drug-likeness (QED) is 0.562. The molecule has 5 rings (SSSR count). The summed E-state index contributed by atoms with van der Waals surface area (Å²) in [6, 6.07) is 12.5. The number of piperidine rings is 1. The summed E-state index contributed by atoms with van der Waals surface area (Å²) in [6.45, 7) is 2.24. The van der Waals surface area contributed by atoms with E-state index < -0.39 is 0 Å². The predicted molar refractivity (Wildman–Crippen MR) is 115 cm³/mol. The van der Waals surface area contributed by atoms with Crippen molar-refractivity contribution in [3.63, 3.8) is 0 Å². The van der Waals surface area contributed by atoms with Crippen LogP contribution in [0.2, 0.25) is 0 Å². The number of hydrogen-bond donors (Lipinski definition) is 0. The summed E-state index contributed by atoms with van der Waals surface area (Å²) in [5.41, 5.74) is 4.07. The van der Waals surface area contributed by atoms with Gasteiger partial charge in [0, 0.05) is 37.2 Å². The van der Waals surface area contributed by atoms with E-state index in [0.717, 1.165) is 46.5 Å². The van der Waals surface area contributed by atoms with Gasteiger partial charge in [0.1, 0.15) is 11.6 Å². The lowest BCUT2D eigenvalue weighted by Crippen LogP contribution is -2.40. The number of carbonyl (C=O) groups excluding carboxylic acids is 1. The number of carbonyl (C=O) groups is 1. The van der Waals surface area contributed by atoms with Crippen molar-refractivity contribution in [3.05, 3.63) is 65.6 Å². The number of thiazole rings is 1. The maximum absolute atomic E-state index is 13.3. The minimum absolute atomic E-state index is 0.122. The van der Waals surface area contributed by atoms with Crippen molar-refractivity contribution in [1.29, 1.82) is 0 Å². The smallest absolute Gasteiger partial charge is 0.279 e. The Kier molecular flexibility index (Phi) is 4.83. The maximum Gasteiger partial charge on any atom is 0.279 e. The van der Waals surface area contributed by atoms with E-state index in [2.05, 4.69) is 11.1 Å². The fraction of sp³-hybridized carbons (Fsp3) is 0.261. The van der Waals surface area contributed by atoms with Crippen molar-refractivity contribution in [2.45, 2.75) is 38.8 Å². The normalized spacial score (nSPS) is 19.4. The Morgan fingerprint density at radius 2 is 2.13 bits per heavy atom. The zero-order valence-electron chi connectivity index (χ0n) is 16.5. The average Bonchev–Trinajstić information content (AvgIpc) is 3.24. The molecule has 152 valence electrons. The number of aliphatic imine (C=N–C) groups is 1. The third-order valence-electron chi connectivity index (χ3n) is 5.44. The van der Waals surface area contributed by atoms with Gasteiger partial charge < -0.3 is 9.64 Å². The molecule has 5 nitrogen and oxygen atoms in total. The Morgan fingerprint density at radius 3 is 2.90 bits per heavy atom. The summed E-state index contributed by atoms with van der Waals surface area (Å²) in [6.07, 6.45) is 4.70. The van der Waals surface area contributed by atoms with Crippen LogP contribution in [-0.2, 0) is 11.3 Å². The van der Waals surface area contributed by atoms with Gasteiger partial charge in [0.2, 0.25) is 5.91 Å². The third kappa shape index (κ3) is 3.73. The number of nitrogens with zero attached hydrogens (tertiary/aromatic N) is 3. The van der Waals surface area contributed by atoms with Crippen LogP contribution in [0.4, 0.5) is 4.39 Å². The second-order valence-corrected chi connectivity index (χ2v) is 8.57. The first-order valence-electron chi connectivity index (χ1n) is 9.89. The number of benzene rings is 2. The molecule has 3 aromatic rings. The van der Waals surface area contributed by atoms with E-state index in [1.54, 1.807) is 13.0 Å². The van der Waals surface area contributed by atoms with Crippen molar-refractivity contribution < 1.29 is 13.9 Å². The van der Waals surface area contributed by atoms with Crippen LogP contribution in [0.5, 0.6) is 10.9 Å². The highest BCUT2D eigenvalue weighted by Gasteiger charge is 2.34. The highest BCUT2D eigenvalue weighted by Crippen LogP contribution is 2.34. The first-order valence-corrected chi connectivity index (χ1v) is 10.7. The molecule has 2 aliphatic heterocycles. The van der Waals surface area contributed by atoms with Gasteiger partial charge in [-0.2, -0.15) is 0 Å². The molecule has 0 spiro atoms. The van der Waals surface area contributed by atoms with Crippen LogP contribution in [0.1, 0.15) is 31.7 Å². The highest BCUT2D eigenvalue weighted by molar-refractivity contribution is 7.20. The van der Waals surface area contributed by atoms with Crippen LogP contribution in [0.3, 0.4) is 0 Å². The van der Waals surface area contributed by atoms with Gasteiger partial charge in [-0.05, 0) is 42.3 Å². The Hall–Kier alpha value is -3.06. The summed E-state index contributed by atoms with van der Waals surface area (Å²) in [5.74, 6) is 0.528. The molecule has 0 N–H and O–H groups in total. The molecule has 1 atom stereocenters. The van der Waals surface area contributed by atoms with Crippen molar-refractivity contribution in [2.24, 2.45) is 4.99 Å². The summed E-state index contributed by atoms with van der Waals surface area (Å²) in [5, 5.41) is 0.490. The molecule has 0 unspecified atom stereocenters. The van der Waals surface area contributed by atoms with E-state index in [9.17, 15) is 9.18 Å². The van der Waals surface area contributed by atoms with E-state index in [1.807, 2.05) is 29.2 Å². The zero-order valence-corrected chi connectivity index (χ0v) is 17.3. The summed E-state index contributed by atoms with van der Waals surface area (Å²) in [7, 11) is 0. The lowest BCUT2D eigenvalue weighted by atomic mass is 10.0. The molecular weight excluding hydrogens is 401 g/mol. The first kappa shape index (κ1) is 18.9. The number of allylic oxidation sites excluding steroid dienone is 1.